The van der Waals surface area contributed by atoms with Gasteiger partial charge in [-0.25, -0.2) is 0 Å². The third kappa shape index (κ3) is 3.88. The maximum absolute atomic E-state index is 9.02. The summed E-state index contributed by atoms with van der Waals surface area (Å²) in [4.78, 5) is 2.57. The van der Waals surface area contributed by atoms with Gasteiger partial charge in [-0.05, 0) is 50.7 Å². The van der Waals surface area contributed by atoms with Gasteiger partial charge >= 0.3 is 0 Å². The van der Waals surface area contributed by atoms with E-state index in [9.17, 15) is 0 Å². The van der Waals surface area contributed by atoms with Gasteiger partial charge < -0.3 is 9.64 Å². The molecular formula is C19H23ClN2O. The van der Waals surface area contributed by atoms with E-state index in [0.29, 0.717) is 10.6 Å². The quantitative estimate of drug-likeness (QED) is 0.771. The lowest BCUT2D eigenvalue weighted by molar-refractivity contribution is 0.0917. The fourth-order valence-electron chi connectivity index (χ4n) is 3.46. The average molecular weight is 331 g/mol. The molecule has 1 saturated heterocycles. The number of likely N-dealkylation sites (tertiary alicyclic amines) is 1. The molecule has 2 aliphatic rings. The number of nitriles is 1. The molecule has 0 N–H and O–H groups in total. The number of halogens is 1. The van der Waals surface area contributed by atoms with Crippen molar-refractivity contribution < 1.29 is 4.74 Å². The molecule has 4 heteroatoms. The van der Waals surface area contributed by atoms with Gasteiger partial charge in [0.1, 0.15) is 17.9 Å². The topological polar surface area (TPSA) is 36.3 Å². The normalized spacial score (nSPS) is 19.9. The van der Waals surface area contributed by atoms with Crippen molar-refractivity contribution in [1.82, 2.24) is 4.90 Å². The minimum absolute atomic E-state index is 0.246. The Morgan fingerprint density at radius 3 is 2.61 bits per heavy atom. The molecule has 0 radical (unpaired) electrons. The van der Waals surface area contributed by atoms with Crippen LogP contribution in [0, 0.1) is 24.2 Å². The van der Waals surface area contributed by atoms with Crippen LogP contribution in [0.3, 0.4) is 0 Å². The molecule has 0 aromatic heterocycles. The van der Waals surface area contributed by atoms with E-state index in [-0.39, 0.29) is 6.10 Å². The standard InChI is InChI=1S/C19H23ClN2O/c1-14-18(7-6-16(12-21)19(14)20)23-17-8-10-22(11-9-17)13-15-4-2-3-5-15/h2-3,6-7,15,17H,4-5,8-11,13H2,1H3. The van der Waals surface area contributed by atoms with Crippen LogP contribution in [-0.4, -0.2) is 30.6 Å². The smallest absolute Gasteiger partial charge is 0.124 e. The van der Waals surface area contributed by atoms with Crippen molar-refractivity contribution in [3.63, 3.8) is 0 Å². The second-order valence-corrected chi connectivity index (χ2v) is 6.97. The van der Waals surface area contributed by atoms with Crippen molar-refractivity contribution in [3.8, 4) is 11.8 Å². The molecule has 3 rings (SSSR count). The molecule has 1 aliphatic carbocycles. The van der Waals surface area contributed by atoms with Gasteiger partial charge in [-0.2, -0.15) is 5.26 Å². The molecule has 0 saturated carbocycles. The molecule has 1 aromatic rings. The first-order valence-electron chi connectivity index (χ1n) is 8.40. The summed E-state index contributed by atoms with van der Waals surface area (Å²) in [5, 5.41) is 9.53. The zero-order valence-electron chi connectivity index (χ0n) is 13.6. The first-order chi connectivity index (χ1) is 11.2. The number of benzene rings is 1. The Kier molecular flexibility index (Phi) is 5.25. The zero-order chi connectivity index (χ0) is 16.2. The van der Waals surface area contributed by atoms with Crippen LogP contribution >= 0.6 is 11.6 Å². The molecule has 1 aromatic carbocycles. The Morgan fingerprint density at radius 1 is 1.26 bits per heavy atom. The Balaban J connectivity index is 1.53. The molecule has 0 bridgehead atoms. The number of ether oxygens (including phenoxy) is 1. The van der Waals surface area contributed by atoms with Gasteiger partial charge in [0.2, 0.25) is 0 Å². The molecule has 0 amide bonds. The van der Waals surface area contributed by atoms with Crippen molar-refractivity contribution in [2.45, 2.75) is 38.7 Å². The van der Waals surface area contributed by atoms with Crippen LogP contribution in [-0.2, 0) is 0 Å². The summed E-state index contributed by atoms with van der Waals surface area (Å²) in [6.45, 7) is 5.33. The molecule has 122 valence electrons. The summed E-state index contributed by atoms with van der Waals surface area (Å²) in [5.41, 5.74) is 1.38. The number of piperidine rings is 1. The van der Waals surface area contributed by atoms with Gasteiger partial charge in [-0.1, -0.05) is 23.8 Å². The Bertz CT molecular complexity index is 619. The van der Waals surface area contributed by atoms with E-state index in [2.05, 4.69) is 23.1 Å². The zero-order valence-corrected chi connectivity index (χ0v) is 14.4. The monoisotopic (exact) mass is 330 g/mol. The van der Waals surface area contributed by atoms with E-state index in [4.69, 9.17) is 21.6 Å². The highest BCUT2D eigenvalue weighted by molar-refractivity contribution is 6.32. The van der Waals surface area contributed by atoms with E-state index in [1.807, 2.05) is 13.0 Å². The lowest BCUT2D eigenvalue weighted by Gasteiger charge is -2.34. The molecule has 23 heavy (non-hydrogen) atoms. The summed E-state index contributed by atoms with van der Waals surface area (Å²) >= 11 is 6.22. The van der Waals surface area contributed by atoms with Crippen LogP contribution in [0.4, 0.5) is 0 Å². The minimum atomic E-state index is 0.246. The first kappa shape index (κ1) is 16.4. The third-order valence-corrected chi connectivity index (χ3v) is 5.39. The molecule has 0 atom stereocenters. The molecule has 1 aliphatic heterocycles. The summed E-state index contributed by atoms with van der Waals surface area (Å²) in [6.07, 6.45) is 9.43. The SMILES string of the molecule is Cc1c(OC2CCN(CC3CC=CC3)CC2)ccc(C#N)c1Cl. The van der Waals surface area contributed by atoms with Gasteiger partial charge in [-0.3, -0.25) is 0 Å². The lowest BCUT2D eigenvalue weighted by atomic mass is 10.0. The van der Waals surface area contributed by atoms with Crippen molar-refractivity contribution in [3.05, 3.63) is 40.4 Å². The minimum Gasteiger partial charge on any atom is -0.490 e. The third-order valence-electron chi connectivity index (χ3n) is 4.91. The summed E-state index contributed by atoms with van der Waals surface area (Å²) < 4.78 is 6.15. The molecule has 1 heterocycles. The second-order valence-electron chi connectivity index (χ2n) is 6.59. The fourth-order valence-corrected chi connectivity index (χ4v) is 3.66. The molecular weight excluding hydrogens is 308 g/mol. The van der Waals surface area contributed by atoms with Crippen molar-refractivity contribution in [2.24, 2.45) is 5.92 Å². The van der Waals surface area contributed by atoms with E-state index in [0.717, 1.165) is 43.2 Å². The van der Waals surface area contributed by atoms with Crippen LogP contribution in [0.25, 0.3) is 0 Å². The van der Waals surface area contributed by atoms with Crippen molar-refractivity contribution >= 4 is 11.6 Å². The van der Waals surface area contributed by atoms with E-state index in [1.54, 1.807) is 6.07 Å². The molecule has 1 fully saturated rings. The van der Waals surface area contributed by atoms with E-state index >= 15 is 0 Å². The largest absolute Gasteiger partial charge is 0.490 e. The van der Waals surface area contributed by atoms with E-state index < -0.39 is 0 Å². The maximum atomic E-state index is 9.02. The molecule has 0 unspecified atom stereocenters. The second kappa shape index (κ2) is 7.38. The van der Waals surface area contributed by atoms with Crippen LogP contribution in [0.1, 0.15) is 36.8 Å². The molecule has 0 spiro atoms. The van der Waals surface area contributed by atoms with Gasteiger partial charge in [0.05, 0.1) is 10.6 Å². The van der Waals surface area contributed by atoms with Crippen LogP contribution < -0.4 is 4.74 Å². The van der Waals surface area contributed by atoms with Crippen LogP contribution in [0.2, 0.25) is 5.02 Å². The molecule has 3 nitrogen and oxygen atoms in total. The predicted molar refractivity (Wildman–Crippen MR) is 92.9 cm³/mol. The Morgan fingerprint density at radius 2 is 1.96 bits per heavy atom. The summed E-state index contributed by atoms with van der Waals surface area (Å²) in [6, 6.07) is 5.72. The number of hydrogen-bond acceptors (Lipinski definition) is 3. The van der Waals surface area contributed by atoms with Gasteiger partial charge in [0.25, 0.3) is 0 Å². The Labute approximate surface area is 143 Å². The predicted octanol–water partition coefficient (Wildman–Crippen LogP) is 4.33. The highest BCUT2D eigenvalue weighted by Gasteiger charge is 2.23. The Hall–Kier alpha value is -1.50. The van der Waals surface area contributed by atoms with Crippen LogP contribution in [0.15, 0.2) is 24.3 Å². The lowest BCUT2D eigenvalue weighted by Crippen LogP contribution is -2.40. The van der Waals surface area contributed by atoms with Gasteiger partial charge in [0, 0.05) is 25.2 Å². The van der Waals surface area contributed by atoms with Gasteiger partial charge in [0.15, 0.2) is 0 Å². The first-order valence-corrected chi connectivity index (χ1v) is 8.78. The summed E-state index contributed by atoms with van der Waals surface area (Å²) in [5.74, 6) is 1.62. The number of nitrogens with zero attached hydrogens (tertiary/aromatic N) is 2. The van der Waals surface area contributed by atoms with Crippen LogP contribution in [0.5, 0.6) is 5.75 Å². The average Bonchev–Trinajstić information content (AvgIpc) is 3.07. The summed E-state index contributed by atoms with van der Waals surface area (Å²) in [7, 11) is 0. The van der Waals surface area contributed by atoms with Crippen molar-refractivity contribution in [2.75, 3.05) is 19.6 Å². The highest BCUT2D eigenvalue weighted by atomic mass is 35.5. The van der Waals surface area contributed by atoms with Gasteiger partial charge in [-0.15, -0.1) is 0 Å². The van der Waals surface area contributed by atoms with E-state index in [1.165, 1.54) is 19.4 Å². The maximum Gasteiger partial charge on any atom is 0.124 e. The highest BCUT2D eigenvalue weighted by Crippen LogP contribution is 2.31. The number of hydrogen-bond donors (Lipinski definition) is 0. The number of allylic oxidation sites excluding steroid dienone is 2. The fraction of sp³-hybridized carbons (Fsp3) is 0.526. The van der Waals surface area contributed by atoms with Crippen molar-refractivity contribution in [1.29, 1.82) is 5.26 Å². The number of rotatable bonds is 4.